The Morgan fingerprint density at radius 3 is 2.52 bits per heavy atom. The molecule has 2 rings (SSSR count). The summed E-state index contributed by atoms with van der Waals surface area (Å²) in [4.78, 5) is 4.89. The molecule has 1 aliphatic rings. The van der Waals surface area contributed by atoms with Crippen LogP contribution in [0.4, 0.5) is 0 Å². The zero-order chi connectivity index (χ0) is 18.2. The highest BCUT2D eigenvalue weighted by Crippen LogP contribution is 2.31. The average Bonchev–Trinajstić information content (AvgIpc) is 2.89. The number of ether oxygens (including phenoxy) is 1. The summed E-state index contributed by atoms with van der Waals surface area (Å²) >= 11 is 3.74. The second-order valence-corrected chi connectivity index (χ2v) is 7.64. The molecule has 0 radical (unpaired) electrons. The van der Waals surface area contributed by atoms with Crippen LogP contribution in [0.2, 0.25) is 0 Å². The molecule has 0 aliphatic carbocycles. The fourth-order valence-corrected chi connectivity index (χ4v) is 4.13. The van der Waals surface area contributed by atoms with E-state index in [9.17, 15) is 0 Å². The van der Waals surface area contributed by atoms with Crippen LogP contribution in [-0.2, 0) is 18.2 Å². The van der Waals surface area contributed by atoms with E-state index in [4.69, 9.17) is 14.9 Å². The second kappa shape index (κ2) is 10.6. The van der Waals surface area contributed by atoms with E-state index in [2.05, 4.69) is 39.7 Å². The van der Waals surface area contributed by atoms with Gasteiger partial charge >= 0.3 is 0 Å². The van der Waals surface area contributed by atoms with Crippen molar-refractivity contribution in [2.24, 2.45) is 7.05 Å². The van der Waals surface area contributed by atoms with Gasteiger partial charge < -0.3 is 19.6 Å². The molecule has 2 heterocycles. The van der Waals surface area contributed by atoms with Gasteiger partial charge in [-0.1, -0.05) is 6.92 Å². The Morgan fingerprint density at radius 2 is 1.92 bits per heavy atom. The fourth-order valence-electron chi connectivity index (χ4n) is 3.26. The SMILES string of the molecule is CCc1c(Br)c(C(CCN2CCN(C)CC2)OCCCCO)nn1C. The minimum absolute atomic E-state index is 0.000719. The standard InChI is InChI=1S/C18H33BrN4O2/c1-4-15-17(19)18(20-22(15)3)16(25-14-6-5-13-24)7-8-23-11-9-21(2)10-12-23/h16,24H,4-14H2,1-3H3. The molecule has 1 N–H and O–H groups in total. The smallest absolute Gasteiger partial charge is 0.106 e. The van der Waals surface area contributed by atoms with Crippen molar-refractivity contribution in [1.29, 1.82) is 0 Å². The zero-order valence-corrected chi connectivity index (χ0v) is 17.5. The highest BCUT2D eigenvalue weighted by Gasteiger charge is 2.23. The first-order chi connectivity index (χ1) is 12.1. The van der Waals surface area contributed by atoms with E-state index in [1.54, 1.807) is 0 Å². The van der Waals surface area contributed by atoms with E-state index in [1.165, 1.54) is 5.69 Å². The number of piperazine rings is 1. The molecule has 1 aromatic heterocycles. The largest absolute Gasteiger partial charge is 0.396 e. The lowest BCUT2D eigenvalue weighted by atomic mass is 10.1. The Bertz CT molecular complexity index is 515. The van der Waals surface area contributed by atoms with Gasteiger partial charge in [0.1, 0.15) is 11.8 Å². The quantitative estimate of drug-likeness (QED) is 0.592. The number of aliphatic hydroxyl groups excluding tert-OH is 1. The van der Waals surface area contributed by atoms with Gasteiger partial charge in [0, 0.05) is 53.0 Å². The van der Waals surface area contributed by atoms with Crippen molar-refractivity contribution in [1.82, 2.24) is 19.6 Å². The molecule has 0 saturated carbocycles. The molecule has 1 atom stereocenters. The molecular formula is C18H33BrN4O2. The van der Waals surface area contributed by atoms with E-state index < -0.39 is 0 Å². The minimum Gasteiger partial charge on any atom is -0.396 e. The minimum atomic E-state index is -0.000719. The summed E-state index contributed by atoms with van der Waals surface area (Å²) < 4.78 is 9.23. The van der Waals surface area contributed by atoms with E-state index >= 15 is 0 Å². The number of unbranched alkanes of at least 4 members (excludes halogenated alkanes) is 1. The van der Waals surface area contributed by atoms with E-state index in [-0.39, 0.29) is 12.7 Å². The number of aromatic nitrogens is 2. The molecule has 1 aliphatic heterocycles. The van der Waals surface area contributed by atoms with Crippen molar-refractivity contribution in [3.8, 4) is 0 Å². The maximum atomic E-state index is 8.97. The van der Waals surface area contributed by atoms with Gasteiger partial charge in [-0.05, 0) is 48.7 Å². The van der Waals surface area contributed by atoms with Crippen LogP contribution in [0.5, 0.6) is 0 Å². The summed E-state index contributed by atoms with van der Waals surface area (Å²) in [5, 5.41) is 13.7. The molecule has 1 unspecified atom stereocenters. The molecule has 25 heavy (non-hydrogen) atoms. The van der Waals surface area contributed by atoms with E-state index in [1.807, 2.05) is 11.7 Å². The predicted octanol–water partition coefficient (Wildman–Crippen LogP) is 2.21. The summed E-state index contributed by atoms with van der Waals surface area (Å²) in [5.41, 5.74) is 2.22. The number of hydrogen-bond donors (Lipinski definition) is 1. The molecule has 0 aromatic carbocycles. The highest BCUT2D eigenvalue weighted by molar-refractivity contribution is 9.10. The topological polar surface area (TPSA) is 53.8 Å². The Balaban J connectivity index is 1.99. The zero-order valence-electron chi connectivity index (χ0n) is 15.9. The van der Waals surface area contributed by atoms with Crippen LogP contribution in [-0.4, -0.2) is 77.7 Å². The number of rotatable bonds is 10. The van der Waals surface area contributed by atoms with Crippen molar-refractivity contribution >= 4 is 15.9 Å². The Kier molecular flexibility index (Phi) is 8.85. The third-order valence-electron chi connectivity index (χ3n) is 4.94. The molecule has 1 fully saturated rings. The lowest BCUT2D eigenvalue weighted by Gasteiger charge is -2.33. The molecule has 144 valence electrons. The molecule has 0 spiro atoms. The number of nitrogens with zero attached hydrogens (tertiary/aromatic N) is 4. The Hall–Kier alpha value is -0.470. The van der Waals surface area contributed by atoms with Gasteiger partial charge in [-0.25, -0.2) is 0 Å². The van der Waals surface area contributed by atoms with Gasteiger partial charge in [-0.15, -0.1) is 0 Å². The number of aryl methyl sites for hydroxylation is 1. The Labute approximate surface area is 160 Å². The summed E-state index contributed by atoms with van der Waals surface area (Å²) in [7, 11) is 4.18. The van der Waals surface area contributed by atoms with Gasteiger partial charge in [0.25, 0.3) is 0 Å². The monoisotopic (exact) mass is 416 g/mol. The average molecular weight is 417 g/mol. The molecule has 6 nitrogen and oxygen atoms in total. The number of hydrogen-bond acceptors (Lipinski definition) is 5. The maximum Gasteiger partial charge on any atom is 0.106 e. The van der Waals surface area contributed by atoms with E-state index in [0.717, 1.165) is 68.6 Å². The summed E-state index contributed by atoms with van der Waals surface area (Å²) in [6.45, 7) is 8.58. The summed E-state index contributed by atoms with van der Waals surface area (Å²) in [5.74, 6) is 0. The van der Waals surface area contributed by atoms with Gasteiger partial charge in [-0.3, -0.25) is 4.68 Å². The van der Waals surface area contributed by atoms with Crippen LogP contribution in [0.15, 0.2) is 4.47 Å². The first-order valence-electron chi connectivity index (χ1n) is 9.41. The molecule has 1 saturated heterocycles. The van der Waals surface area contributed by atoms with Crippen LogP contribution in [0.25, 0.3) is 0 Å². The normalized spacial score (nSPS) is 18.0. The molecule has 1 aromatic rings. The van der Waals surface area contributed by atoms with Crippen molar-refractivity contribution in [2.75, 3.05) is 53.0 Å². The molecule has 7 heteroatoms. The van der Waals surface area contributed by atoms with Gasteiger partial charge in [0.15, 0.2) is 0 Å². The molecular weight excluding hydrogens is 384 g/mol. The van der Waals surface area contributed by atoms with Crippen molar-refractivity contribution in [3.05, 3.63) is 15.9 Å². The first-order valence-corrected chi connectivity index (χ1v) is 10.2. The number of likely N-dealkylation sites (N-methyl/N-ethyl adjacent to an activating group) is 1. The van der Waals surface area contributed by atoms with Gasteiger partial charge in [0.2, 0.25) is 0 Å². The van der Waals surface area contributed by atoms with Crippen LogP contribution in [0, 0.1) is 0 Å². The van der Waals surface area contributed by atoms with Crippen LogP contribution < -0.4 is 0 Å². The predicted molar refractivity (Wildman–Crippen MR) is 104 cm³/mol. The first kappa shape index (κ1) is 20.8. The Morgan fingerprint density at radius 1 is 1.20 bits per heavy atom. The van der Waals surface area contributed by atoms with Crippen LogP contribution in [0.3, 0.4) is 0 Å². The van der Waals surface area contributed by atoms with Crippen LogP contribution >= 0.6 is 15.9 Å². The van der Waals surface area contributed by atoms with Gasteiger partial charge in [-0.2, -0.15) is 5.10 Å². The van der Waals surface area contributed by atoms with Crippen molar-refractivity contribution < 1.29 is 9.84 Å². The van der Waals surface area contributed by atoms with Crippen molar-refractivity contribution in [3.63, 3.8) is 0 Å². The third-order valence-corrected chi connectivity index (χ3v) is 5.81. The van der Waals surface area contributed by atoms with Gasteiger partial charge in [0.05, 0.1) is 10.2 Å². The molecule has 0 amide bonds. The highest BCUT2D eigenvalue weighted by atomic mass is 79.9. The molecule has 0 bridgehead atoms. The lowest BCUT2D eigenvalue weighted by Crippen LogP contribution is -2.44. The summed E-state index contributed by atoms with van der Waals surface area (Å²) in [6.07, 6.45) is 3.56. The number of halogens is 1. The third kappa shape index (κ3) is 6.03. The summed E-state index contributed by atoms with van der Waals surface area (Å²) in [6, 6.07) is 0. The second-order valence-electron chi connectivity index (χ2n) is 6.85. The lowest BCUT2D eigenvalue weighted by molar-refractivity contribution is 0.0277. The maximum absolute atomic E-state index is 8.97. The fraction of sp³-hybridized carbons (Fsp3) is 0.833. The number of aliphatic hydroxyl groups is 1. The van der Waals surface area contributed by atoms with E-state index in [0.29, 0.717) is 6.61 Å². The van der Waals surface area contributed by atoms with Crippen LogP contribution in [0.1, 0.15) is 43.7 Å². The van der Waals surface area contributed by atoms with Crippen molar-refractivity contribution in [2.45, 2.75) is 38.7 Å².